The summed E-state index contributed by atoms with van der Waals surface area (Å²) in [6, 6.07) is 0. The fourth-order valence-corrected chi connectivity index (χ4v) is 3.11. The maximum absolute atomic E-state index is 10.7. The molecule has 2 atom stereocenters. The lowest BCUT2D eigenvalue weighted by Crippen LogP contribution is -2.64. The zero-order valence-electron chi connectivity index (χ0n) is 9.05. The van der Waals surface area contributed by atoms with E-state index in [-0.39, 0.29) is 5.41 Å². The highest BCUT2D eigenvalue weighted by Gasteiger charge is 2.54. The second-order valence-electron chi connectivity index (χ2n) is 5.31. The topological polar surface area (TPSA) is 58.3 Å². The number of nitrogens with one attached hydrogen (secondary N) is 1. The highest BCUT2D eigenvalue weighted by Crippen LogP contribution is 2.51. The van der Waals surface area contributed by atoms with E-state index in [2.05, 4.69) is 12.2 Å². The normalized spacial score (nSPS) is 41.8. The maximum Gasteiger partial charge on any atom is 0.0842 e. The average molecular weight is 198 g/mol. The Morgan fingerprint density at radius 3 is 2.64 bits per heavy atom. The van der Waals surface area contributed by atoms with Crippen molar-refractivity contribution in [1.29, 1.82) is 0 Å². The summed E-state index contributed by atoms with van der Waals surface area (Å²) in [5, 5.41) is 14.0. The fourth-order valence-electron chi connectivity index (χ4n) is 3.11. The van der Waals surface area contributed by atoms with Crippen LogP contribution in [0.3, 0.4) is 0 Å². The highest BCUT2D eigenvalue weighted by atomic mass is 16.3. The van der Waals surface area contributed by atoms with Crippen LogP contribution < -0.4 is 11.1 Å². The molecule has 0 radical (unpaired) electrons. The molecule has 4 N–H and O–H groups in total. The molecular formula is C11H22N2O. The van der Waals surface area contributed by atoms with Crippen LogP contribution in [0, 0.1) is 11.3 Å². The second kappa shape index (κ2) is 3.47. The molecule has 1 saturated carbocycles. The Hall–Kier alpha value is -0.120. The maximum atomic E-state index is 10.7. The second-order valence-corrected chi connectivity index (χ2v) is 5.31. The van der Waals surface area contributed by atoms with Crippen molar-refractivity contribution in [2.45, 2.75) is 38.2 Å². The lowest BCUT2D eigenvalue weighted by molar-refractivity contribution is -0.141. The van der Waals surface area contributed by atoms with Crippen molar-refractivity contribution in [1.82, 2.24) is 5.32 Å². The molecule has 0 aromatic rings. The fraction of sp³-hybridized carbons (Fsp3) is 1.00. The molecule has 2 unspecified atom stereocenters. The molecule has 2 rings (SSSR count). The summed E-state index contributed by atoms with van der Waals surface area (Å²) in [5.74, 6) is 0.567. The van der Waals surface area contributed by atoms with E-state index < -0.39 is 5.60 Å². The highest BCUT2D eigenvalue weighted by molar-refractivity contribution is 5.07. The summed E-state index contributed by atoms with van der Waals surface area (Å²) in [5.41, 5.74) is 5.32. The van der Waals surface area contributed by atoms with Gasteiger partial charge in [0, 0.05) is 18.5 Å². The van der Waals surface area contributed by atoms with Crippen LogP contribution in [0.2, 0.25) is 0 Å². The molecule has 2 aliphatic rings. The first-order chi connectivity index (χ1) is 6.62. The number of β-amino-alcohol motifs (C(OH)–C–C–N with tert-alkyl or cyclic N) is 1. The van der Waals surface area contributed by atoms with E-state index in [1.165, 1.54) is 6.42 Å². The molecular weight excluding hydrogens is 176 g/mol. The van der Waals surface area contributed by atoms with Gasteiger partial charge in [0.1, 0.15) is 0 Å². The summed E-state index contributed by atoms with van der Waals surface area (Å²) >= 11 is 0. The Morgan fingerprint density at radius 1 is 1.50 bits per heavy atom. The van der Waals surface area contributed by atoms with Crippen molar-refractivity contribution in [2.24, 2.45) is 17.1 Å². The molecule has 0 amide bonds. The zero-order chi connectivity index (χ0) is 10.2. The van der Waals surface area contributed by atoms with Gasteiger partial charge in [-0.05, 0) is 31.7 Å². The zero-order valence-corrected chi connectivity index (χ0v) is 9.05. The third kappa shape index (κ3) is 1.38. The predicted octanol–water partition coefficient (Wildman–Crippen LogP) is 0.476. The van der Waals surface area contributed by atoms with E-state index in [0.717, 1.165) is 32.4 Å². The number of hydrogen-bond acceptors (Lipinski definition) is 3. The number of aliphatic hydroxyl groups is 1. The van der Waals surface area contributed by atoms with Crippen LogP contribution >= 0.6 is 0 Å². The lowest BCUT2D eigenvalue weighted by atomic mass is 9.56. The van der Waals surface area contributed by atoms with Gasteiger partial charge in [-0.2, -0.15) is 0 Å². The van der Waals surface area contributed by atoms with Gasteiger partial charge in [-0.15, -0.1) is 0 Å². The molecule has 1 heterocycles. The van der Waals surface area contributed by atoms with Gasteiger partial charge in [-0.1, -0.05) is 13.3 Å². The van der Waals surface area contributed by atoms with Gasteiger partial charge in [0.25, 0.3) is 0 Å². The van der Waals surface area contributed by atoms with Gasteiger partial charge in [-0.25, -0.2) is 0 Å². The van der Waals surface area contributed by atoms with Crippen molar-refractivity contribution < 1.29 is 5.11 Å². The molecule has 0 bridgehead atoms. The molecule has 1 aliphatic carbocycles. The van der Waals surface area contributed by atoms with Gasteiger partial charge in [0.15, 0.2) is 0 Å². The first kappa shape index (κ1) is 10.4. The van der Waals surface area contributed by atoms with Gasteiger partial charge < -0.3 is 16.2 Å². The van der Waals surface area contributed by atoms with Gasteiger partial charge >= 0.3 is 0 Å². The van der Waals surface area contributed by atoms with Crippen molar-refractivity contribution >= 4 is 0 Å². The molecule has 1 saturated heterocycles. The Bertz CT molecular complexity index is 210. The van der Waals surface area contributed by atoms with Crippen LogP contribution in [0.1, 0.15) is 32.6 Å². The molecule has 0 aromatic heterocycles. The van der Waals surface area contributed by atoms with E-state index in [9.17, 15) is 5.11 Å². The summed E-state index contributed by atoms with van der Waals surface area (Å²) < 4.78 is 0. The Balaban J connectivity index is 2.12. The Labute approximate surface area is 86.1 Å². The first-order valence-electron chi connectivity index (χ1n) is 5.75. The van der Waals surface area contributed by atoms with Gasteiger partial charge in [0.05, 0.1) is 5.60 Å². The molecule has 14 heavy (non-hydrogen) atoms. The summed E-state index contributed by atoms with van der Waals surface area (Å²) in [4.78, 5) is 0. The van der Waals surface area contributed by atoms with Crippen molar-refractivity contribution in [3.05, 3.63) is 0 Å². The average Bonchev–Trinajstić information content (AvgIpc) is 2.01. The summed E-state index contributed by atoms with van der Waals surface area (Å²) in [6.45, 7) is 4.59. The minimum Gasteiger partial charge on any atom is -0.388 e. The summed E-state index contributed by atoms with van der Waals surface area (Å²) in [6.07, 6.45) is 4.36. The first-order valence-corrected chi connectivity index (χ1v) is 5.75. The van der Waals surface area contributed by atoms with E-state index >= 15 is 0 Å². The quantitative estimate of drug-likeness (QED) is 0.605. The third-order valence-corrected chi connectivity index (χ3v) is 4.28. The predicted molar refractivity (Wildman–Crippen MR) is 56.9 cm³/mol. The molecule has 3 heteroatoms. The van der Waals surface area contributed by atoms with Crippen LogP contribution in [-0.4, -0.2) is 30.3 Å². The molecule has 0 spiro atoms. The molecule has 1 aliphatic heterocycles. The van der Waals surface area contributed by atoms with Crippen molar-refractivity contribution in [2.75, 3.05) is 19.6 Å². The smallest absolute Gasteiger partial charge is 0.0842 e. The van der Waals surface area contributed by atoms with E-state index in [0.29, 0.717) is 12.5 Å². The van der Waals surface area contributed by atoms with Crippen molar-refractivity contribution in [3.8, 4) is 0 Å². The molecule has 0 aromatic carbocycles. The number of hydrogen-bond donors (Lipinski definition) is 3. The number of piperidine rings is 1. The van der Waals surface area contributed by atoms with Gasteiger partial charge in [-0.3, -0.25) is 0 Å². The summed E-state index contributed by atoms with van der Waals surface area (Å²) in [7, 11) is 0. The molecule has 82 valence electrons. The van der Waals surface area contributed by atoms with E-state index in [4.69, 9.17) is 5.73 Å². The van der Waals surface area contributed by atoms with Crippen LogP contribution in [0.5, 0.6) is 0 Å². The standard InChI is InChI=1S/C11H22N2O/c1-9-5-11(14,8-13-6-9)10(7-12)3-2-4-10/h9,13-14H,2-8,12H2,1H3. The molecule has 3 nitrogen and oxygen atoms in total. The van der Waals surface area contributed by atoms with Crippen LogP contribution in [-0.2, 0) is 0 Å². The van der Waals surface area contributed by atoms with Crippen LogP contribution in [0.15, 0.2) is 0 Å². The Morgan fingerprint density at radius 2 is 2.21 bits per heavy atom. The SMILES string of the molecule is CC1CNCC(O)(C2(CN)CCC2)C1. The molecule has 2 fully saturated rings. The number of rotatable bonds is 2. The number of nitrogens with two attached hydrogens (primary N) is 1. The largest absolute Gasteiger partial charge is 0.388 e. The third-order valence-electron chi connectivity index (χ3n) is 4.28. The minimum atomic E-state index is -0.544. The van der Waals surface area contributed by atoms with Crippen LogP contribution in [0.4, 0.5) is 0 Å². The van der Waals surface area contributed by atoms with E-state index in [1.807, 2.05) is 0 Å². The van der Waals surface area contributed by atoms with E-state index in [1.54, 1.807) is 0 Å². The van der Waals surface area contributed by atoms with Crippen LogP contribution in [0.25, 0.3) is 0 Å². The van der Waals surface area contributed by atoms with Crippen molar-refractivity contribution in [3.63, 3.8) is 0 Å². The monoisotopic (exact) mass is 198 g/mol. The minimum absolute atomic E-state index is 0.0225. The van der Waals surface area contributed by atoms with Gasteiger partial charge in [0.2, 0.25) is 0 Å². The lowest BCUT2D eigenvalue weighted by Gasteiger charge is -2.55. The Kier molecular flexibility index (Phi) is 2.58.